The predicted molar refractivity (Wildman–Crippen MR) is 71.8 cm³/mol. The van der Waals surface area contributed by atoms with Gasteiger partial charge in [-0.3, -0.25) is 0 Å². The van der Waals surface area contributed by atoms with Crippen LogP contribution in [-0.4, -0.2) is 21.0 Å². The molecule has 0 atom stereocenters. The van der Waals surface area contributed by atoms with Crippen LogP contribution in [-0.2, 0) is 4.79 Å². The molecule has 4 nitrogen and oxygen atoms in total. The average Bonchev–Trinajstić information content (AvgIpc) is 2.37. The second kappa shape index (κ2) is 5.55. The first-order valence-corrected chi connectivity index (χ1v) is 5.94. The van der Waals surface area contributed by atoms with Crippen LogP contribution in [0.2, 0.25) is 0 Å². The zero-order valence-electron chi connectivity index (χ0n) is 9.25. The molecule has 0 bridgehead atoms. The molecule has 1 heterocycles. The highest BCUT2D eigenvalue weighted by molar-refractivity contribution is 9.10. The number of aromatic nitrogens is 2. The lowest BCUT2D eigenvalue weighted by Gasteiger charge is -2.01. The van der Waals surface area contributed by atoms with Gasteiger partial charge in [0.25, 0.3) is 0 Å². The van der Waals surface area contributed by atoms with Crippen LogP contribution in [0.4, 0.5) is 0 Å². The van der Waals surface area contributed by atoms with Crippen molar-refractivity contribution in [1.29, 1.82) is 0 Å². The standard InChI is InChI=1S/C13H9BrN2O2/c14-10-3-1-9(2-4-10)11-7-8-15-12(16-11)5-6-13(17)18/h1-8H,(H,17,18)/b6-5+. The largest absolute Gasteiger partial charge is 0.478 e. The number of benzene rings is 1. The van der Waals surface area contributed by atoms with Crippen molar-refractivity contribution in [3.05, 3.63) is 52.9 Å². The van der Waals surface area contributed by atoms with Crippen LogP contribution >= 0.6 is 15.9 Å². The van der Waals surface area contributed by atoms with Gasteiger partial charge in [0, 0.05) is 22.3 Å². The molecule has 0 saturated heterocycles. The maximum Gasteiger partial charge on any atom is 0.328 e. The van der Waals surface area contributed by atoms with E-state index in [4.69, 9.17) is 5.11 Å². The summed E-state index contributed by atoms with van der Waals surface area (Å²) in [6, 6.07) is 9.48. The highest BCUT2D eigenvalue weighted by Gasteiger charge is 2.00. The van der Waals surface area contributed by atoms with E-state index in [9.17, 15) is 4.79 Å². The minimum Gasteiger partial charge on any atom is -0.478 e. The Bertz CT molecular complexity index is 594. The van der Waals surface area contributed by atoms with E-state index < -0.39 is 5.97 Å². The SMILES string of the molecule is O=C(O)/C=C/c1nccc(-c2ccc(Br)cc2)n1. The Kier molecular flexibility index (Phi) is 3.84. The number of halogens is 1. The summed E-state index contributed by atoms with van der Waals surface area (Å²) in [7, 11) is 0. The molecule has 1 N–H and O–H groups in total. The second-order valence-electron chi connectivity index (χ2n) is 3.48. The minimum absolute atomic E-state index is 0.373. The van der Waals surface area contributed by atoms with Crippen LogP contribution < -0.4 is 0 Å². The minimum atomic E-state index is -1.02. The topological polar surface area (TPSA) is 63.1 Å². The van der Waals surface area contributed by atoms with Gasteiger partial charge in [-0.05, 0) is 24.3 Å². The summed E-state index contributed by atoms with van der Waals surface area (Å²) in [6.07, 6.45) is 3.98. The Labute approximate surface area is 112 Å². The summed E-state index contributed by atoms with van der Waals surface area (Å²) in [4.78, 5) is 18.7. The fourth-order valence-electron chi connectivity index (χ4n) is 1.38. The number of hydrogen-bond acceptors (Lipinski definition) is 3. The van der Waals surface area contributed by atoms with Crippen LogP contribution in [0.5, 0.6) is 0 Å². The Morgan fingerprint density at radius 3 is 2.61 bits per heavy atom. The van der Waals surface area contributed by atoms with E-state index in [2.05, 4.69) is 25.9 Å². The van der Waals surface area contributed by atoms with Gasteiger partial charge >= 0.3 is 5.97 Å². The molecule has 0 unspecified atom stereocenters. The van der Waals surface area contributed by atoms with E-state index >= 15 is 0 Å². The van der Waals surface area contributed by atoms with Crippen molar-refractivity contribution in [2.45, 2.75) is 0 Å². The molecule has 0 radical (unpaired) electrons. The van der Waals surface area contributed by atoms with Gasteiger partial charge in [-0.25, -0.2) is 14.8 Å². The van der Waals surface area contributed by atoms with Gasteiger partial charge in [-0.2, -0.15) is 0 Å². The summed E-state index contributed by atoms with van der Waals surface area (Å²) in [6.45, 7) is 0. The first-order valence-electron chi connectivity index (χ1n) is 5.15. The van der Waals surface area contributed by atoms with E-state index in [-0.39, 0.29) is 0 Å². The number of hydrogen-bond donors (Lipinski definition) is 1. The molecule has 1 aromatic carbocycles. The van der Waals surface area contributed by atoms with Gasteiger partial charge in [0.05, 0.1) is 5.69 Å². The van der Waals surface area contributed by atoms with E-state index in [1.807, 2.05) is 24.3 Å². The van der Waals surface area contributed by atoms with Crippen LogP contribution in [0.15, 0.2) is 47.1 Å². The second-order valence-corrected chi connectivity index (χ2v) is 4.39. The highest BCUT2D eigenvalue weighted by Crippen LogP contribution is 2.19. The van der Waals surface area contributed by atoms with Gasteiger partial charge in [-0.15, -0.1) is 0 Å². The molecule has 2 aromatic rings. The number of carbonyl (C=O) groups is 1. The van der Waals surface area contributed by atoms with Crippen LogP contribution in [0, 0.1) is 0 Å². The lowest BCUT2D eigenvalue weighted by Crippen LogP contribution is -1.92. The molecule has 0 spiro atoms. The molecule has 0 aliphatic rings. The quantitative estimate of drug-likeness (QED) is 0.885. The van der Waals surface area contributed by atoms with Crippen LogP contribution in [0.1, 0.15) is 5.82 Å². The number of carboxylic acid groups (broad SMARTS) is 1. The van der Waals surface area contributed by atoms with Crippen molar-refractivity contribution in [3.8, 4) is 11.3 Å². The summed E-state index contributed by atoms with van der Waals surface area (Å²) in [5.41, 5.74) is 1.70. The van der Waals surface area contributed by atoms with E-state index in [1.165, 1.54) is 6.08 Å². The average molecular weight is 305 g/mol. The van der Waals surface area contributed by atoms with Gasteiger partial charge in [0.15, 0.2) is 5.82 Å². The number of rotatable bonds is 3. The lowest BCUT2D eigenvalue weighted by molar-refractivity contribution is -0.131. The molecular formula is C13H9BrN2O2. The lowest BCUT2D eigenvalue weighted by atomic mass is 10.1. The van der Waals surface area contributed by atoms with Crippen molar-refractivity contribution in [2.24, 2.45) is 0 Å². The zero-order chi connectivity index (χ0) is 13.0. The molecule has 0 fully saturated rings. The van der Waals surface area contributed by atoms with E-state index in [0.717, 1.165) is 21.8 Å². The third-order valence-corrected chi connectivity index (χ3v) is 2.72. The maximum atomic E-state index is 10.4. The number of aliphatic carboxylic acids is 1. The zero-order valence-corrected chi connectivity index (χ0v) is 10.8. The third kappa shape index (κ3) is 3.24. The molecule has 18 heavy (non-hydrogen) atoms. The van der Waals surface area contributed by atoms with Gasteiger partial charge in [0.1, 0.15) is 0 Å². The van der Waals surface area contributed by atoms with Gasteiger partial charge in [-0.1, -0.05) is 28.1 Å². The van der Waals surface area contributed by atoms with Crippen molar-refractivity contribution in [2.75, 3.05) is 0 Å². The van der Waals surface area contributed by atoms with Crippen LogP contribution in [0.3, 0.4) is 0 Å². The Morgan fingerprint density at radius 2 is 1.94 bits per heavy atom. The molecular weight excluding hydrogens is 296 g/mol. The van der Waals surface area contributed by atoms with E-state index in [0.29, 0.717) is 5.82 Å². The molecule has 0 aliphatic carbocycles. The highest BCUT2D eigenvalue weighted by atomic mass is 79.9. The Hall–Kier alpha value is -2.01. The summed E-state index contributed by atoms with van der Waals surface area (Å²) >= 11 is 3.36. The van der Waals surface area contributed by atoms with Crippen molar-refractivity contribution in [1.82, 2.24) is 9.97 Å². The smallest absolute Gasteiger partial charge is 0.328 e. The Balaban J connectivity index is 2.32. The van der Waals surface area contributed by atoms with Gasteiger partial charge < -0.3 is 5.11 Å². The number of nitrogens with zero attached hydrogens (tertiary/aromatic N) is 2. The molecule has 2 rings (SSSR count). The first kappa shape index (κ1) is 12.4. The molecule has 90 valence electrons. The first-order chi connectivity index (χ1) is 8.65. The summed E-state index contributed by atoms with van der Waals surface area (Å²) < 4.78 is 0.992. The Morgan fingerprint density at radius 1 is 1.22 bits per heavy atom. The fourth-order valence-corrected chi connectivity index (χ4v) is 1.65. The molecule has 1 aromatic heterocycles. The van der Waals surface area contributed by atoms with E-state index in [1.54, 1.807) is 12.3 Å². The summed E-state index contributed by atoms with van der Waals surface area (Å²) in [5, 5.41) is 8.54. The summed E-state index contributed by atoms with van der Waals surface area (Å²) in [5.74, 6) is -0.648. The molecule has 0 saturated carbocycles. The normalized spacial score (nSPS) is 10.7. The third-order valence-electron chi connectivity index (χ3n) is 2.19. The van der Waals surface area contributed by atoms with Crippen molar-refractivity contribution >= 4 is 28.0 Å². The van der Waals surface area contributed by atoms with Crippen molar-refractivity contribution in [3.63, 3.8) is 0 Å². The molecule has 5 heteroatoms. The number of carboxylic acids is 1. The monoisotopic (exact) mass is 304 g/mol. The predicted octanol–water partition coefficient (Wildman–Crippen LogP) is 3.00. The van der Waals surface area contributed by atoms with Gasteiger partial charge in [0.2, 0.25) is 0 Å². The maximum absolute atomic E-state index is 10.4. The van der Waals surface area contributed by atoms with Crippen LogP contribution in [0.25, 0.3) is 17.3 Å². The molecule has 0 amide bonds. The van der Waals surface area contributed by atoms with Crippen molar-refractivity contribution < 1.29 is 9.90 Å². The molecule has 0 aliphatic heterocycles. The fraction of sp³-hybridized carbons (Fsp3) is 0.